The molecule has 0 atom stereocenters. The van der Waals surface area contributed by atoms with E-state index in [1.165, 1.54) is 6.07 Å². The lowest BCUT2D eigenvalue weighted by Crippen LogP contribution is -2.11. The van der Waals surface area contributed by atoms with Gasteiger partial charge in [0.25, 0.3) is 5.56 Å². The van der Waals surface area contributed by atoms with Crippen molar-refractivity contribution < 1.29 is 0 Å². The summed E-state index contributed by atoms with van der Waals surface area (Å²) in [5.41, 5.74) is 2.28. The quantitative estimate of drug-likeness (QED) is 0.772. The molecule has 20 heavy (non-hydrogen) atoms. The summed E-state index contributed by atoms with van der Waals surface area (Å²) in [6.07, 6.45) is 7.53. The molecule has 0 radical (unpaired) electrons. The Bertz CT molecular complexity index is 776. The molecule has 0 unspecified atom stereocenters. The Balaban J connectivity index is 1.97. The Labute approximate surface area is 115 Å². The van der Waals surface area contributed by atoms with Gasteiger partial charge in [0.2, 0.25) is 0 Å². The Kier molecular flexibility index (Phi) is 3.12. The molecule has 3 heterocycles. The van der Waals surface area contributed by atoms with Crippen molar-refractivity contribution in [1.29, 1.82) is 0 Å². The lowest BCUT2D eigenvalue weighted by Gasteiger charge is -2.03. The fraction of sp³-hybridized carbons (Fsp3) is 0.143. The van der Waals surface area contributed by atoms with E-state index in [0.717, 1.165) is 11.1 Å². The molecule has 6 heteroatoms. The number of hydrogen-bond donors (Lipinski definition) is 1. The maximum atomic E-state index is 11.7. The lowest BCUT2D eigenvalue weighted by molar-refractivity contribution is 0.768. The van der Waals surface area contributed by atoms with E-state index in [1.807, 2.05) is 25.4 Å². The van der Waals surface area contributed by atoms with Gasteiger partial charge in [-0.1, -0.05) is 6.07 Å². The molecule has 3 aromatic heterocycles. The van der Waals surface area contributed by atoms with Crippen LogP contribution in [0.15, 0.2) is 47.8 Å². The summed E-state index contributed by atoms with van der Waals surface area (Å²) in [5, 5.41) is 4.09. The van der Waals surface area contributed by atoms with Crippen LogP contribution in [0.2, 0.25) is 0 Å². The van der Waals surface area contributed by atoms with Crippen molar-refractivity contribution in [3.8, 4) is 11.3 Å². The number of nitrogens with one attached hydrogen (secondary N) is 1. The first-order chi connectivity index (χ1) is 9.70. The Morgan fingerprint density at radius 3 is 2.95 bits per heavy atom. The van der Waals surface area contributed by atoms with Crippen LogP contribution in [0.25, 0.3) is 11.3 Å². The number of aryl methyl sites for hydroxylation is 1. The van der Waals surface area contributed by atoms with Crippen LogP contribution in [-0.2, 0) is 13.5 Å². The normalized spacial score (nSPS) is 10.7. The molecule has 0 aliphatic rings. The van der Waals surface area contributed by atoms with E-state index >= 15 is 0 Å². The average Bonchev–Trinajstić information content (AvgIpc) is 2.86. The van der Waals surface area contributed by atoms with Gasteiger partial charge < -0.3 is 4.98 Å². The number of aromatic nitrogens is 5. The van der Waals surface area contributed by atoms with E-state index in [0.29, 0.717) is 17.9 Å². The molecule has 0 amide bonds. The Hall–Kier alpha value is -2.76. The molecule has 0 fully saturated rings. The van der Waals surface area contributed by atoms with Gasteiger partial charge in [0.1, 0.15) is 5.82 Å². The molecule has 3 aromatic rings. The zero-order chi connectivity index (χ0) is 13.9. The predicted molar refractivity (Wildman–Crippen MR) is 74.1 cm³/mol. The van der Waals surface area contributed by atoms with Crippen molar-refractivity contribution in [2.75, 3.05) is 0 Å². The maximum Gasteiger partial charge on any atom is 0.251 e. The minimum absolute atomic E-state index is 0.169. The summed E-state index contributed by atoms with van der Waals surface area (Å²) in [6, 6.07) is 5.28. The van der Waals surface area contributed by atoms with E-state index in [2.05, 4.69) is 20.1 Å². The molecule has 3 rings (SSSR count). The van der Waals surface area contributed by atoms with E-state index in [-0.39, 0.29) is 5.56 Å². The molecular weight excluding hydrogens is 254 g/mol. The van der Waals surface area contributed by atoms with Crippen LogP contribution < -0.4 is 5.56 Å². The van der Waals surface area contributed by atoms with Crippen molar-refractivity contribution in [3.63, 3.8) is 0 Å². The first-order valence-electron chi connectivity index (χ1n) is 6.19. The largest absolute Gasteiger partial charge is 0.310 e. The second-order valence-electron chi connectivity index (χ2n) is 4.52. The van der Waals surface area contributed by atoms with Gasteiger partial charge in [-0.3, -0.25) is 14.5 Å². The average molecular weight is 267 g/mol. The highest BCUT2D eigenvalue weighted by Gasteiger charge is 2.06. The van der Waals surface area contributed by atoms with Crippen molar-refractivity contribution >= 4 is 0 Å². The number of aromatic amines is 1. The smallest absolute Gasteiger partial charge is 0.251 e. The van der Waals surface area contributed by atoms with Gasteiger partial charge in [-0.05, 0) is 11.6 Å². The molecule has 1 N–H and O–H groups in total. The number of nitrogens with zero attached hydrogens (tertiary/aromatic N) is 4. The molecule has 0 saturated heterocycles. The molecule has 0 bridgehead atoms. The standard InChI is InChI=1S/C14H13N5O/c1-19-9-11(8-16-19)12-6-14(20)18-13(17-12)5-10-3-2-4-15-7-10/h2-4,6-9H,5H2,1H3,(H,17,18,20). The highest BCUT2D eigenvalue weighted by Crippen LogP contribution is 2.14. The maximum absolute atomic E-state index is 11.7. The minimum Gasteiger partial charge on any atom is -0.310 e. The third kappa shape index (κ3) is 2.64. The fourth-order valence-corrected chi connectivity index (χ4v) is 1.99. The second-order valence-corrected chi connectivity index (χ2v) is 4.52. The SMILES string of the molecule is Cn1cc(-c2cc(=O)[nH]c(Cc3cccnc3)n2)cn1. The number of pyridine rings is 1. The third-order valence-corrected chi connectivity index (χ3v) is 2.89. The summed E-state index contributed by atoms with van der Waals surface area (Å²) in [4.78, 5) is 23.0. The predicted octanol–water partition coefficient (Wildman–Crippen LogP) is 1.16. The van der Waals surface area contributed by atoms with Gasteiger partial charge in [-0.2, -0.15) is 5.10 Å². The summed E-state index contributed by atoms with van der Waals surface area (Å²) in [6.45, 7) is 0. The molecular formula is C14H13N5O. The van der Waals surface area contributed by atoms with E-state index in [9.17, 15) is 4.79 Å². The monoisotopic (exact) mass is 267 g/mol. The number of H-pyrrole nitrogens is 1. The van der Waals surface area contributed by atoms with Gasteiger partial charge in [-0.25, -0.2) is 4.98 Å². The Morgan fingerprint density at radius 2 is 2.25 bits per heavy atom. The van der Waals surface area contributed by atoms with Crippen molar-refractivity contribution in [2.24, 2.45) is 7.05 Å². The summed E-state index contributed by atoms with van der Waals surface area (Å²) < 4.78 is 1.68. The molecule has 0 aromatic carbocycles. The van der Waals surface area contributed by atoms with Crippen LogP contribution in [0.1, 0.15) is 11.4 Å². The van der Waals surface area contributed by atoms with Crippen LogP contribution in [0, 0.1) is 0 Å². The molecule has 0 aliphatic carbocycles. The first kappa shape index (κ1) is 12.3. The summed E-state index contributed by atoms with van der Waals surface area (Å²) in [7, 11) is 1.83. The van der Waals surface area contributed by atoms with Crippen molar-refractivity contribution in [2.45, 2.75) is 6.42 Å². The van der Waals surface area contributed by atoms with Gasteiger partial charge in [-0.15, -0.1) is 0 Å². The van der Waals surface area contributed by atoms with Crippen LogP contribution in [0.3, 0.4) is 0 Å². The van der Waals surface area contributed by atoms with Crippen LogP contribution in [0.5, 0.6) is 0 Å². The molecule has 100 valence electrons. The van der Waals surface area contributed by atoms with Crippen LogP contribution in [-0.4, -0.2) is 24.7 Å². The number of rotatable bonds is 3. The van der Waals surface area contributed by atoms with Crippen LogP contribution in [0.4, 0.5) is 0 Å². The fourth-order valence-electron chi connectivity index (χ4n) is 1.99. The van der Waals surface area contributed by atoms with Crippen molar-refractivity contribution in [3.05, 3.63) is 64.7 Å². The van der Waals surface area contributed by atoms with Gasteiger partial charge in [0.15, 0.2) is 0 Å². The van der Waals surface area contributed by atoms with E-state index in [1.54, 1.807) is 23.3 Å². The first-order valence-corrected chi connectivity index (χ1v) is 6.19. The highest BCUT2D eigenvalue weighted by atomic mass is 16.1. The highest BCUT2D eigenvalue weighted by molar-refractivity contribution is 5.56. The zero-order valence-electron chi connectivity index (χ0n) is 10.9. The lowest BCUT2D eigenvalue weighted by atomic mass is 10.2. The minimum atomic E-state index is -0.169. The zero-order valence-corrected chi connectivity index (χ0v) is 10.9. The van der Waals surface area contributed by atoms with Gasteiger partial charge in [0.05, 0.1) is 11.9 Å². The molecule has 0 aliphatic heterocycles. The topological polar surface area (TPSA) is 76.5 Å². The molecule has 6 nitrogen and oxygen atoms in total. The molecule has 0 saturated carbocycles. The van der Waals surface area contributed by atoms with Crippen molar-refractivity contribution in [1.82, 2.24) is 24.7 Å². The van der Waals surface area contributed by atoms with Gasteiger partial charge >= 0.3 is 0 Å². The third-order valence-electron chi connectivity index (χ3n) is 2.89. The van der Waals surface area contributed by atoms with Gasteiger partial charge in [0, 0.05) is 43.7 Å². The second kappa shape index (κ2) is 5.08. The number of hydrogen-bond acceptors (Lipinski definition) is 4. The Morgan fingerprint density at radius 1 is 1.35 bits per heavy atom. The van der Waals surface area contributed by atoms with E-state index < -0.39 is 0 Å². The summed E-state index contributed by atoms with van der Waals surface area (Å²) >= 11 is 0. The summed E-state index contributed by atoms with van der Waals surface area (Å²) in [5.74, 6) is 0.615. The van der Waals surface area contributed by atoms with Crippen LogP contribution >= 0.6 is 0 Å². The van der Waals surface area contributed by atoms with E-state index in [4.69, 9.17) is 0 Å². The molecule has 0 spiro atoms.